The molecule has 0 amide bonds. The fourth-order valence-corrected chi connectivity index (χ4v) is 1.50. The van der Waals surface area contributed by atoms with Crippen LogP contribution in [0.2, 0.25) is 0 Å². The van der Waals surface area contributed by atoms with Crippen molar-refractivity contribution >= 4 is 6.08 Å². The first-order chi connectivity index (χ1) is 8.84. The van der Waals surface area contributed by atoms with Gasteiger partial charge in [0.1, 0.15) is 6.08 Å². The van der Waals surface area contributed by atoms with Crippen LogP contribution in [0.15, 0.2) is 65.7 Å². The molecule has 92 valence electrons. The molecule has 0 saturated carbocycles. The van der Waals surface area contributed by atoms with E-state index in [1.165, 1.54) is 0 Å². The van der Waals surface area contributed by atoms with Gasteiger partial charge in [-0.05, 0) is 11.1 Å². The van der Waals surface area contributed by atoms with Crippen molar-refractivity contribution in [1.29, 1.82) is 0 Å². The Balaban J connectivity index is 0.00000180. The number of nitrogens with zero attached hydrogens (tertiary/aromatic N) is 1. The van der Waals surface area contributed by atoms with E-state index in [2.05, 4.69) is 4.99 Å². The molecule has 0 spiro atoms. The largest absolute Gasteiger partial charge is 1.00 e. The van der Waals surface area contributed by atoms with Crippen molar-refractivity contribution in [3.63, 3.8) is 0 Å². The summed E-state index contributed by atoms with van der Waals surface area (Å²) in [6, 6.07) is 19.2. The first-order valence-electron chi connectivity index (χ1n) is 5.77. The molecule has 0 aromatic heterocycles. The van der Waals surface area contributed by atoms with Gasteiger partial charge in [-0.15, -0.1) is 0 Å². The predicted octanol–water partition coefficient (Wildman–Crippen LogP) is -0.876. The monoisotopic (exact) mass is 263 g/mol. The average Bonchev–Trinajstić information content (AvgIpc) is 2.45. The number of ether oxygens (including phenoxy) is 1. The summed E-state index contributed by atoms with van der Waals surface area (Å²) < 4.78 is 5.04. The summed E-state index contributed by atoms with van der Waals surface area (Å²) in [4.78, 5) is 3.85. The first kappa shape index (κ1) is 15.8. The molecule has 0 saturated heterocycles. The van der Waals surface area contributed by atoms with Crippen LogP contribution < -0.4 is 34.7 Å². The number of hydrogen-bond donors (Lipinski definition) is 0. The third-order valence-electron chi connectivity index (χ3n) is 2.44. The molecule has 0 radical (unpaired) electrons. The molecule has 0 aliphatic rings. The normalized spacial score (nSPS) is 10.6. The Bertz CT molecular complexity index is 500. The Labute approximate surface area is 135 Å². The quantitative estimate of drug-likeness (QED) is 0.409. The molecule has 4 heteroatoms. The van der Waals surface area contributed by atoms with Crippen LogP contribution in [-0.4, -0.2) is 6.08 Å². The third kappa shape index (κ3) is 5.92. The maximum atomic E-state index is 11.4. The Kier molecular flexibility index (Phi) is 7.26. The Morgan fingerprint density at radius 3 is 2.00 bits per heavy atom. The topological polar surface area (TPSA) is 44.7 Å². The molecule has 0 bridgehead atoms. The molecular weight excluding hydrogens is 249 g/mol. The molecule has 0 heterocycles. The molecule has 0 N–H and O–H groups in total. The van der Waals surface area contributed by atoms with Crippen molar-refractivity contribution in [2.75, 3.05) is 0 Å². The summed E-state index contributed by atoms with van der Waals surface area (Å²) in [5, 5.41) is 11.4. The van der Waals surface area contributed by atoms with E-state index in [0.717, 1.165) is 11.1 Å². The number of rotatable bonds is 4. The minimum Gasteiger partial charge on any atom is -0.596 e. The molecule has 0 fully saturated rings. The average molecular weight is 263 g/mol. The minimum absolute atomic E-state index is 0. The van der Waals surface area contributed by atoms with E-state index in [-0.39, 0.29) is 36.2 Å². The van der Waals surface area contributed by atoms with Crippen molar-refractivity contribution in [2.24, 2.45) is 4.99 Å². The van der Waals surface area contributed by atoms with E-state index in [1.54, 1.807) is 0 Å². The zero-order valence-electron chi connectivity index (χ0n) is 11.0. The van der Waals surface area contributed by atoms with Crippen LogP contribution in [0.1, 0.15) is 11.1 Å². The van der Waals surface area contributed by atoms with Gasteiger partial charge in [0.2, 0.25) is 0 Å². The molecular formula is C15H14NNaO2. The maximum Gasteiger partial charge on any atom is 1.00 e. The molecule has 2 aromatic rings. The van der Waals surface area contributed by atoms with E-state index in [9.17, 15) is 5.11 Å². The van der Waals surface area contributed by atoms with Crippen LogP contribution in [0, 0.1) is 0 Å². The zero-order chi connectivity index (χ0) is 12.6. The first-order valence-corrected chi connectivity index (χ1v) is 5.77. The van der Waals surface area contributed by atoms with Crippen LogP contribution in [-0.2, 0) is 17.9 Å². The van der Waals surface area contributed by atoms with Gasteiger partial charge in [0.15, 0.2) is 0 Å². The third-order valence-corrected chi connectivity index (χ3v) is 2.44. The van der Waals surface area contributed by atoms with Crippen LogP contribution in [0.25, 0.3) is 0 Å². The molecule has 2 aromatic carbocycles. The summed E-state index contributed by atoms with van der Waals surface area (Å²) in [6.45, 7) is 0.617. The van der Waals surface area contributed by atoms with Crippen molar-refractivity contribution in [2.45, 2.75) is 13.2 Å². The van der Waals surface area contributed by atoms with Crippen LogP contribution in [0.5, 0.6) is 0 Å². The molecule has 0 unspecified atom stereocenters. The zero-order valence-corrected chi connectivity index (χ0v) is 13.0. The van der Waals surface area contributed by atoms with Gasteiger partial charge < -0.3 is 9.84 Å². The Hall–Kier alpha value is -1.29. The molecule has 0 atom stereocenters. The molecule has 2 rings (SSSR count). The minimum atomic E-state index is -0.525. The summed E-state index contributed by atoms with van der Waals surface area (Å²) in [5.74, 6) is 0. The SMILES string of the molecule is [Na+].[O-]C(=NCc1ccccc1)OCc1ccccc1. The number of hydrogen-bond acceptors (Lipinski definition) is 3. The van der Waals surface area contributed by atoms with Gasteiger partial charge in [-0.25, -0.2) is 0 Å². The van der Waals surface area contributed by atoms with Crippen molar-refractivity contribution in [3.8, 4) is 0 Å². The predicted molar refractivity (Wildman–Crippen MR) is 68.8 cm³/mol. The van der Waals surface area contributed by atoms with Gasteiger partial charge in [0.25, 0.3) is 0 Å². The van der Waals surface area contributed by atoms with Crippen molar-refractivity contribution < 1.29 is 39.4 Å². The van der Waals surface area contributed by atoms with Gasteiger partial charge >= 0.3 is 29.6 Å². The fraction of sp³-hybridized carbons (Fsp3) is 0.133. The van der Waals surface area contributed by atoms with Crippen LogP contribution in [0.3, 0.4) is 0 Å². The van der Waals surface area contributed by atoms with E-state index < -0.39 is 6.08 Å². The smallest absolute Gasteiger partial charge is 0.596 e. The van der Waals surface area contributed by atoms with E-state index >= 15 is 0 Å². The fourth-order valence-electron chi connectivity index (χ4n) is 1.50. The summed E-state index contributed by atoms with van der Waals surface area (Å²) >= 11 is 0. The van der Waals surface area contributed by atoms with Crippen molar-refractivity contribution in [3.05, 3.63) is 71.8 Å². The van der Waals surface area contributed by atoms with Gasteiger partial charge in [-0.3, -0.25) is 4.99 Å². The van der Waals surface area contributed by atoms with Crippen molar-refractivity contribution in [1.82, 2.24) is 0 Å². The van der Waals surface area contributed by atoms with Crippen LogP contribution >= 0.6 is 0 Å². The molecule has 0 aliphatic heterocycles. The summed E-state index contributed by atoms with van der Waals surface area (Å²) in [7, 11) is 0. The van der Waals surface area contributed by atoms with Gasteiger partial charge in [0.05, 0.1) is 6.54 Å². The van der Waals surface area contributed by atoms with Gasteiger partial charge in [-0.2, -0.15) is 0 Å². The van der Waals surface area contributed by atoms with E-state index in [1.807, 2.05) is 60.7 Å². The van der Waals surface area contributed by atoms with Crippen LogP contribution in [0.4, 0.5) is 0 Å². The van der Waals surface area contributed by atoms with E-state index in [0.29, 0.717) is 6.54 Å². The Morgan fingerprint density at radius 2 is 1.42 bits per heavy atom. The van der Waals surface area contributed by atoms with Gasteiger partial charge in [-0.1, -0.05) is 60.7 Å². The number of aliphatic imine (C=N–C) groups is 1. The second kappa shape index (κ2) is 8.75. The number of benzene rings is 2. The van der Waals surface area contributed by atoms with E-state index in [4.69, 9.17) is 4.74 Å². The molecule has 0 aliphatic carbocycles. The second-order valence-corrected chi connectivity index (χ2v) is 3.84. The standard InChI is InChI=1S/C15H15NO2.Na/c17-15(16-11-13-7-3-1-4-8-13)18-12-14-9-5-2-6-10-14;/h1-10H,11-12H2,(H,16,17);/q;+1/p-1. The summed E-state index contributed by atoms with van der Waals surface area (Å²) in [6.07, 6.45) is -0.525. The van der Waals surface area contributed by atoms with Gasteiger partial charge in [0, 0.05) is 6.61 Å². The maximum absolute atomic E-state index is 11.4. The molecule has 3 nitrogen and oxygen atoms in total. The second-order valence-electron chi connectivity index (χ2n) is 3.84. The molecule has 19 heavy (non-hydrogen) atoms. The summed E-state index contributed by atoms with van der Waals surface area (Å²) in [5.41, 5.74) is 1.95. The Morgan fingerprint density at radius 1 is 0.895 bits per heavy atom.